The summed E-state index contributed by atoms with van der Waals surface area (Å²) in [6, 6.07) is 11.1. The van der Waals surface area contributed by atoms with Gasteiger partial charge in [0.15, 0.2) is 0 Å². The molecule has 1 heterocycles. The predicted octanol–water partition coefficient (Wildman–Crippen LogP) is 4.15. The molecular weight excluding hydrogens is 286 g/mol. The van der Waals surface area contributed by atoms with Crippen molar-refractivity contribution < 1.29 is 9.90 Å². The molecule has 3 heteroatoms. The number of rotatable bonds is 4. The molecule has 0 spiro atoms. The van der Waals surface area contributed by atoms with Gasteiger partial charge in [0.05, 0.1) is 5.92 Å². The van der Waals surface area contributed by atoms with Crippen LogP contribution >= 0.6 is 0 Å². The number of hydrogen-bond donors (Lipinski definition) is 1. The number of nitrogens with zero attached hydrogens (tertiary/aromatic N) is 1. The van der Waals surface area contributed by atoms with Gasteiger partial charge in [-0.25, -0.2) is 0 Å². The Hall–Kier alpha value is -1.35. The van der Waals surface area contributed by atoms with Crippen molar-refractivity contribution in [1.29, 1.82) is 0 Å². The SMILES string of the molecule is C[C@@H]1[C@H](C(=O)O)CCCN1CC1CCC(c2ccccc2)CC1. The first-order valence-electron chi connectivity index (χ1n) is 9.17. The molecule has 1 N–H and O–H groups in total. The molecule has 1 aromatic carbocycles. The third kappa shape index (κ3) is 3.95. The van der Waals surface area contributed by atoms with Gasteiger partial charge in [0.25, 0.3) is 0 Å². The zero-order valence-electron chi connectivity index (χ0n) is 14.2. The second-order valence-corrected chi connectivity index (χ2v) is 7.45. The molecule has 2 aliphatic rings. The Morgan fingerprint density at radius 1 is 1.13 bits per heavy atom. The Kier molecular flexibility index (Phi) is 5.37. The summed E-state index contributed by atoms with van der Waals surface area (Å²) < 4.78 is 0. The zero-order chi connectivity index (χ0) is 16.2. The zero-order valence-corrected chi connectivity index (χ0v) is 14.2. The Morgan fingerprint density at radius 3 is 2.48 bits per heavy atom. The van der Waals surface area contributed by atoms with Gasteiger partial charge in [0.1, 0.15) is 0 Å². The highest BCUT2D eigenvalue weighted by Gasteiger charge is 2.34. The molecule has 0 radical (unpaired) electrons. The molecule has 0 aromatic heterocycles. The second kappa shape index (κ2) is 7.48. The molecule has 1 aliphatic heterocycles. The Morgan fingerprint density at radius 2 is 1.83 bits per heavy atom. The molecule has 1 saturated heterocycles. The summed E-state index contributed by atoms with van der Waals surface area (Å²) in [5.74, 6) is 0.669. The number of hydrogen-bond acceptors (Lipinski definition) is 2. The Bertz CT molecular complexity index is 508. The molecule has 3 nitrogen and oxygen atoms in total. The number of piperidine rings is 1. The van der Waals surface area contributed by atoms with Crippen LogP contribution in [0.2, 0.25) is 0 Å². The molecule has 126 valence electrons. The van der Waals surface area contributed by atoms with Crippen LogP contribution in [0.25, 0.3) is 0 Å². The minimum absolute atomic E-state index is 0.176. The van der Waals surface area contributed by atoms with E-state index in [2.05, 4.69) is 42.2 Å². The van der Waals surface area contributed by atoms with Gasteiger partial charge >= 0.3 is 5.97 Å². The lowest BCUT2D eigenvalue weighted by Gasteiger charge is -2.40. The van der Waals surface area contributed by atoms with Gasteiger partial charge in [0, 0.05) is 12.6 Å². The standard InChI is InChI=1S/C20H29NO2/c1-15-19(20(22)23)8-5-13-21(15)14-16-9-11-18(12-10-16)17-6-3-2-4-7-17/h2-4,6-7,15-16,18-19H,5,8-14H2,1H3,(H,22,23)/t15-,16?,18?,19-/m1/s1. The molecule has 1 saturated carbocycles. The van der Waals surface area contributed by atoms with Crippen molar-refractivity contribution in [3.05, 3.63) is 35.9 Å². The van der Waals surface area contributed by atoms with Gasteiger partial charge in [-0.05, 0) is 69.4 Å². The molecule has 1 aromatic rings. The fraction of sp³-hybridized carbons (Fsp3) is 0.650. The first kappa shape index (κ1) is 16.5. The summed E-state index contributed by atoms with van der Waals surface area (Å²) in [6.45, 7) is 4.27. The highest BCUT2D eigenvalue weighted by molar-refractivity contribution is 5.70. The largest absolute Gasteiger partial charge is 0.481 e. The van der Waals surface area contributed by atoms with Crippen LogP contribution in [0.4, 0.5) is 0 Å². The second-order valence-electron chi connectivity index (χ2n) is 7.45. The van der Waals surface area contributed by atoms with Crippen LogP contribution in [0.3, 0.4) is 0 Å². The Balaban J connectivity index is 1.51. The number of carbonyl (C=O) groups is 1. The molecule has 2 fully saturated rings. The maximum atomic E-state index is 11.4. The maximum Gasteiger partial charge on any atom is 0.308 e. The van der Waals surface area contributed by atoms with E-state index in [4.69, 9.17) is 0 Å². The van der Waals surface area contributed by atoms with E-state index < -0.39 is 5.97 Å². The molecule has 0 amide bonds. The maximum absolute atomic E-state index is 11.4. The summed E-state index contributed by atoms with van der Waals surface area (Å²) in [7, 11) is 0. The van der Waals surface area contributed by atoms with Gasteiger partial charge in [-0.2, -0.15) is 0 Å². The van der Waals surface area contributed by atoms with Crippen molar-refractivity contribution >= 4 is 5.97 Å². The first-order valence-corrected chi connectivity index (χ1v) is 9.17. The lowest BCUT2D eigenvalue weighted by Crippen LogP contribution is -2.48. The lowest BCUT2D eigenvalue weighted by atomic mass is 9.78. The van der Waals surface area contributed by atoms with Crippen LogP contribution in [0, 0.1) is 11.8 Å². The summed E-state index contributed by atoms with van der Waals surface area (Å²) in [5.41, 5.74) is 1.49. The summed E-state index contributed by atoms with van der Waals surface area (Å²) in [6.07, 6.45) is 6.98. The average Bonchev–Trinajstić information content (AvgIpc) is 2.58. The minimum Gasteiger partial charge on any atom is -0.481 e. The quantitative estimate of drug-likeness (QED) is 0.907. The lowest BCUT2D eigenvalue weighted by molar-refractivity contribution is -0.145. The van der Waals surface area contributed by atoms with Crippen molar-refractivity contribution in [2.45, 2.75) is 57.4 Å². The van der Waals surface area contributed by atoms with Crippen LogP contribution < -0.4 is 0 Å². The molecular formula is C20H29NO2. The van der Waals surface area contributed by atoms with Gasteiger partial charge in [-0.1, -0.05) is 30.3 Å². The van der Waals surface area contributed by atoms with E-state index in [0.717, 1.165) is 37.8 Å². The van der Waals surface area contributed by atoms with Crippen molar-refractivity contribution in [1.82, 2.24) is 4.90 Å². The van der Waals surface area contributed by atoms with Crippen LogP contribution in [0.5, 0.6) is 0 Å². The van der Waals surface area contributed by atoms with Gasteiger partial charge in [-0.15, -0.1) is 0 Å². The van der Waals surface area contributed by atoms with Crippen LogP contribution in [0.15, 0.2) is 30.3 Å². The van der Waals surface area contributed by atoms with E-state index in [-0.39, 0.29) is 12.0 Å². The van der Waals surface area contributed by atoms with Gasteiger partial charge < -0.3 is 5.11 Å². The monoisotopic (exact) mass is 315 g/mol. The minimum atomic E-state index is -0.616. The predicted molar refractivity (Wildman–Crippen MR) is 92.5 cm³/mol. The van der Waals surface area contributed by atoms with Crippen LogP contribution in [-0.4, -0.2) is 35.1 Å². The third-order valence-corrected chi connectivity index (χ3v) is 6.05. The normalized spacial score (nSPS) is 32.6. The van der Waals surface area contributed by atoms with Crippen molar-refractivity contribution in [3.63, 3.8) is 0 Å². The van der Waals surface area contributed by atoms with Crippen LogP contribution in [0.1, 0.15) is 56.9 Å². The number of carboxylic acid groups (broad SMARTS) is 1. The highest BCUT2D eigenvalue weighted by atomic mass is 16.4. The number of benzene rings is 1. The number of carboxylic acids is 1. The summed E-state index contributed by atoms with van der Waals surface area (Å²) in [5, 5.41) is 9.37. The number of aliphatic carboxylic acids is 1. The van der Waals surface area contributed by atoms with E-state index >= 15 is 0 Å². The number of likely N-dealkylation sites (tertiary alicyclic amines) is 1. The molecule has 0 unspecified atom stereocenters. The summed E-state index contributed by atoms with van der Waals surface area (Å²) >= 11 is 0. The summed E-state index contributed by atoms with van der Waals surface area (Å²) in [4.78, 5) is 13.8. The van der Waals surface area contributed by atoms with E-state index in [0.29, 0.717) is 0 Å². The van der Waals surface area contributed by atoms with E-state index in [1.807, 2.05) is 0 Å². The van der Waals surface area contributed by atoms with E-state index in [1.165, 1.54) is 31.2 Å². The van der Waals surface area contributed by atoms with Gasteiger partial charge in [-0.3, -0.25) is 9.69 Å². The highest BCUT2D eigenvalue weighted by Crippen LogP contribution is 2.37. The fourth-order valence-corrected chi connectivity index (χ4v) is 4.54. The van der Waals surface area contributed by atoms with Gasteiger partial charge in [0.2, 0.25) is 0 Å². The Labute approximate surface area is 139 Å². The van der Waals surface area contributed by atoms with Crippen molar-refractivity contribution in [2.75, 3.05) is 13.1 Å². The fourth-order valence-electron chi connectivity index (χ4n) is 4.54. The van der Waals surface area contributed by atoms with Crippen molar-refractivity contribution in [3.8, 4) is 0 Å². The first-order chi connectivity index (χ1) is 11.1. The molecule has 0 bridgehead atoms. The third-order valence-electron chi connectivity index (χ3n) is 6.05. The smallest absolute Gasteiger partial charge is 0.308 e. The van der Waals surface area contributed by atoms with Crippen LogP contribution in [-0.2, 0) is 4.79 Å². The van der Waals surface area contributed by atoms with E-state index in [9.17, 15) is 9.90 Å². The topological polar surface area (TPSA) is 40.5 Å². The molecule has 1 aliphatic carbocycles. The molecule has 3 rings (SSSR count). The molecule has 2 atom stereocenters. The average molecular weight is 315 g/mol. The van der Waals surface area contributed by atoms with E-state index in [1.54, 1.807) is 0 Å². The van der Waals surface area contributed by atoms with Crippen molar-refractivity contribution in [2.24, 2.45) is 11.8 Å². The molecule has 23 heavy (non-hydrogen) atoms.